The number of benzene rings is 2. The van der Waals surface area contributed by atoms with Crippen LogP contribution in [0.1, 0.15) is 36.6 Å². The molecule has 1 aliphatic heterocycles. The van der Waals surface area contributed by atoms with Crippen molar-refractivity contribution in [1.29, 1.82) is 0 Å². The van der Waals surface area contributed by atoms with E-state index in [4.69, 9.17) is 19.2 Å². The van der Waals surface area contributed by atoms with Crippen molar-refractivity contribution in [3.05, 3.63) is 64.4 Å². The number of ether oxygens (including phenoxy) is 3. The minimum atomic E-state index is -0.666. The minimum Gasteiger partial charge on any atom is -0.497 e. The average Bonchev–Trinajstić information content (AvgIpc) is 2.84. The van der Waals surface area contributed by atoms with Gasteiger partial charge < -0.3 is 24.8 Å². The van der Waals surface area contributed by atoms with Crippen LogP contribution in [0.25, 0.3) is 0 Å². The number of hydrogen-bond acceptors (Lipinski definition) is 8. The fourth-order valence-electron chi connectivity index (χ4n) is 3.78. The molecule has 186 valence electrons. The number of hydrogen-bond donors (Lipinski definition) is 2. The van der Waals surface area contributed by atoms with E-state index in [1.165, 1.54) is 11.8 Å². The molecule has 0 fully saturated rings. The highest BCUT2D eigenvalue weighted by Gasteiger charge is 2.32. The first-order valence-corrected chi connectivity index (χ1v) is 12.2. The lowest BCUT2D eigenvalue weighted by Crippen LogP contribution is -2.31. The second kappa shape index (κ2) is 11.8. The van der Waals surface area contributed by atoms with E-state index in [1.807, 2.05) is 38.1 Å². The molecule has 9 heteroatoms. The van der Waals surface area contributed by atoms with E-state index in [2.05, 4.69) is 10.6 Å². The third-order valence-electron chi connectivity index (χ3n) is 5.53. The van der Waals surface area contributed by atoms with Gasteiger partial charge in [-0.15, -0.1) is 0 Å². The lowest BCUT2D eigenvalue weighted by molar-refractivity contribution is -0.139. The standard InChI is InChI=1S/C26H31N3O5S/c1-7-34-25(31)22-17(4)27-26(29-24(22)19-12-11-18(32-5)13-20(19)33-6)35-14-21(30)28-23-15(2)9-8-10-16(23)3/h8-13,24H,7,14H2,1-6H3,(H,27,29)(H,28,30)/t24-/m0/s1. The van der Waals surface area contributed by atoms with Crippen LogP contribution in [-0.4, -0.2) is 43.6 Å². The Labute approximate surface area is 210 Å². The summed E-state index contributed by atoms with van der Waals surface area (Å²) in [4.78, 5) is 30.3. The van der Waals surface area contributed by atoms with Crippen molar-refractivity contribution in [1.82, 2.24) is 5.32 Å². The SMILES string of the molecule is CCOC(=O)C1=C(C)NC(SCC(=O)Nc2c(C)cccc2C)=N[C@H]1c1ccc(OC)cc1OC. The van der Waals surface area contributed by atoms with Crippen molar-refractivity contribution in [2.45, 2.75) is 33.7 Å². The van der Waals surface area contributed by atoms with Gasteiger partial charge in [0, 0.05) is 23.0 Å². The van der Waals surface area contributed by atoms with Gasteiger partial charge in [-0.3, -0.25) is 4.79 Å². The van der Waals surface area contributed by atoms with Crippen molar-refractivity contribution in [3.63, 3.8) is 0 Å². The molecule has 1 atom stereocenters. The zero-order valence-corrected chi connectivity index (χ0v) is 21.7. The topological polar surface area (TPSA) is 98.2 Å². The van der Waals surface area contributed by atoms with Crippen LogP contribution in [0.3, 0.4) is 0 Å². The van der Waals surface area contributed by atoms with Crippen molar-refractivity contribution < 1.29 is 23.8 Å². The van der Waals surface area contributed by atoms with Crippen molar-refractivity contribution in [3.8, 4) is 11.5 Å². The summed E-state index contributed by atoms with van der Waals surface area (Å²) in [5.74, 6) is 0.703. The van der Waals surface area contributed by atoms with Crippen molar-refractivity contribution >= 4 is 34.5 Å². The highest BCUT2D eigenvalue weighted by atomic mass is 32.2. The van der Waals surface area contributed by atoms with Crippen LogP contribution in [0.5, 0.6) is 11.5 Å². The highest BCUT2D eigenvalue weighted by Crippen LogP contribution is 2.39. The number of aryl methyl sites for hydroxylation is 2. The van der Waals surface area contributed by atoms with Gasteiger partial charge in [-0.2, -0.15) is 0 Å². The zero-order chi connectivity index (χ0) is 25.5. The molecule has 1 aliphatic rings. The molecule has 2 aromatic carbocycles. The predicted octanol–water partition coefficient (Wildman–Crippen LogP) is 4.53. The van der Waals surface area contributed by atoms with Crippen molar-refractivity contribution in [2.75, 3.05) is 31.9 Å². The molecule has 35 heavy (non-hydrogen) atoms. The number of rotatable bonds is 8. The first-order chi connectivity index (χ1) is 16.8. The summed E-state index contributed by atoms with van der Waals surface area (Å²) in [5, 5.41) is 6.66. The largest absolute Gasteiger partial charge is 0.497 e. The Morgan fingerprint density at radius 1 is 1.09 bits per heavy atom. The molecule has 0 aromatic heterocycles. The lowest BCUT2D eigenvalue weighted by Gasteiger charge is -2.26. The molecular formula is C26H31N3O5S. The van der Waals surface area contributed by atoms with E-state index >= 15 is 0 Å². The van der Waals surface area contributed by atoms with Crippen LogP contribution in [0.2, 0.25) is 0 Å². The first-order valence-electron chi connectivity index (χ1n) is 11.2. The molecule has 0 bridgehead atoms. The molecule has 0 unspecified atom stereocenters. The number of anilines is 1. The van der Waals surface area contributed by atoms with Crippen LogP contribution in [-0.2, 0) is 14.3 Å². The average molecular weight is 498 g/mol. The lowest BCUT2D eigenvalue weighted by atomic mass is 9.95. The van der Waals surface area contributed by atoms with Gasteiger partial charge in [0.2, 0.25) is 5.91 Å². The Morgan fingerprint density at radius 2 is 1.80 bits per heavy atom. The Morgan fingerprint density at radius 3 is 2.43 bits per heavy atom. The summed E-state index contributed by atoms with van der Waals surface area (Å²) in [7, 11) is 3.13. The molecule has 0 radical (unpaired) electrons. The number of esters is 1. The smallest absolute Gasteiger partial charge is 0.338 e. The van der Waals surface area contributed by atoms with Crippen LogP contribution in [0.4, 0.5) is 5.69 Å². The maximum Gasteiger partial charge on any atom is 0.338 e. The highest BCUT2D eigenvalue weighted by molar-refractivity contribution is 8.14. The van der Waals surface area contributed by atoms with Gasteiger partial charge in [-0.25, -0.2) is 9.79 Å². The number of methoxy groups -OCH3 is 2. The Kier molecular flexibility index (Phi) is 8.81. The third kappa shape index (κ3) is 6.16. The van der Waals surface area contributed by atoms with Gasteiger partial charge in [0.25, 0.3) is 0 Å². The molecule has 1 heterocycles. The van der Waals surface area contributed by atoms with E-state index < -0.39 is 12.0 Å². The van der Waals surface area contributed by atoms with Crippen molar-refractivity contribution in [2.24, 2.45) is 4.99 Å². The van der Waals surface area contributed by atoms with E-state index in [1.54, 1.807) is 40.2 Å². The molecule has 8 nitrogen and oxygen atoms in total. The summed E-state index contributed by atoms with van der Waals surface area (Å²) in [5.41, 5.74) is 4.51. The minimum absolute atomic E-state index is 0.145. The maximum atomic E-state index is 12.8. The number of carbonyl (C=O) groups is 2. The van der Waals surface area contributed by atoms with Gasteiger partial charge in [-0.05, 0) is 51.0 Å². The monoisotopic (exact) mass is 497 g/mol. The van der Waals surface area contributed by atoms with Gasteiger partial charge in [0.1, 0.15) is 17.5 Å². The maximum absolute atomic E-state index is 12.8. The number of allylic oxidation sites excluding steroid dienone is 1. The molecule has 0 aliphatic carbocycles. The summed E-state index contributed by atoms with van der Waals surface area (Å²) < 4.78 is 16.2. The van der Waals surface area contributed by atoms with Crippen LogP contribution in [0.15, 0.2) is 52.7 Å². The van der Waals surface area contributed by atoms with Crippen LogP contribution in [0, 0.1) is 13.8 Å². The number of aliphatic imine (C=N–C) groups is 1. The number of amidine groups is 1. The zero-order valence-electron chi connectivity index (χ0n) is 20.9. The van der Waals surface area contributed by atoms with Crippen LogP contribution < -0.4 is 20.1 Å². The molecule has 0 spiro atoms. The Balaban J connectivity index is 1.87. The number of para-hydroxylation sites is 1. The van der Waals surface area contributed by atoms with E-state index in [9.17, 15) is 9.59 Å². The molecular weight excluding hydrogens is 466 g/mol. The summed E-state index contributed by atoms with van der Waals surface area (Å²) >= 11 is 1.26. The number of carbonyl (C=O) groups excluding carboxylic acids is 2. The van der Waals surface area contributed by atoms with Crippen LogP contribution >= 0.6 is 11.8 Å². The second-order valence-corrected chi connectivity index (χ2v) is 8.90. The normalized spacial score (nSPS) is 15.1. The molecule has 1 amide bonds. The van der Waals surface area contributed by atoms with E-state index in [0.29, 0.717) is 33.5 Å². The van der Waals surface area contributed by atoms with Gasteiger partial charge in [-0.1, -0.05) is 30.0 Å². The number of amides is 1. The summed E-state index contributed by atoms with van der Waals surface area (Å²) in [6.07, 6.45) is 0. The molecule has 2 aromatic rings. The molecule has 3 rings (SSSR count). The second-order valence-electron chi connectivity index (χ2n) is 7.93. The predicted molar refractivity (Wildman–Crippen MR) is 139 cm³/mol. The Hall–Kier alpha value is -3.46. The first kappa shape index (κ1) is 26.2. The fraction of sp³-hybridized carbons (Fsp3) is 0.346. The van der Waals surface area contributed by atoms with Gasteiger partial charge >= 0.3 is 5.97 Å². The van der Waals surface area contributed by atoms with Gasteiger partial charge in [0.05, 0.1) is 32.2 Å². The number of nitrogens with zero attached hydrogens (tertiary/aromatic N) is 1. The third-order valence-corrected chi connectivity index (χ3v) is 6.42. The molecule has 2 N–H and O–H groups in total. The fourth-order valence-corrected chi connectivity index (χ4v) is 4.53. The molecule has 0 saturated heterocycles. The van der Waals surface area contributed by atoms with E-state index in [-0.39, 0.29) is 18.3 Å². The quantitative estimate of drug-likeness (QED) is 0.517. The number of nitrogens with one attached hydrogen (secondary N) is 2. The summed E-state index contributed by atoms with van der Waals surface area (Å²) in [6, 6.07) is 10.6. The van der Waals surface area contributed by atoms with Gasteiger partial charge in [0.15, 0.2) is 5.17 Å². The molecule has 0 saturated carbocycles. The Bertz CT molecular complexity index is 1160. The summed E-state index contributed by atoms with van der Waals surface area (Å²) in [6.45, 7) is 7.71. The number of thioether (sulfide) groups is 1. The van der Waals surface area contributed by atoms with E-state index in [0.717, 1.165) is 16.8 Å².